The van der Waals surface area contributed by atoms with Gasteiger partial charge in [-0.3, -0.25) is 0 Å². The van der Waals surface area contributed by atoms with Gasteiger partial charge in [0.15, 0.2) is 0 Å². The van der Waals surface area contributed by atoms with Gasteiger partial charge in [0, 0.05) is 11.6 Å². The van der Waals surface area contributed by atoms with E-state index in [1.165, 1.54) is 12.1 Å². The van der Waals surface area contributed by atoms with Crippen molar-refractivity contribution in [3.05, 3.63) is 29.6 Å². The second kappa shape index (κ2) is 5.63. The van der Waals surface area contributed by atoms with Crippen LogP contribution in [0.25, 0.3) is 0 Å². The van der Waals surface area contributed by atoms with E-state index in [0.29, 0.717) is 11.3 Å². The minimum absolute atomic E-state index is 0.0145. The molecule has 1 aromatic rings. The molecule has 0 saturated carbocycles. The number of ether oxygens (including phenoxy) is 1. The highest BCUT2D eigenvalue weighted by atomic mass is 35.5. The third-order valence-corrected chi connectivity index (χ3v) is 1.68. The molecule has 0 aliphatic heterocycles. The molecule has 0 bridgehead atoms. The number of rotatable bonds is 2. The smallest absolute Gasteiger partial charge is 0.128 e. The maximum atomic E-state index is 13.1. The van der Waals surface area contributed by atoms with E-state index < -0.39 is 0 Å². The van der Waals surface area contributed by atoms with E-state index in [0.717, 1.165) is 0 Å². The summed E-state index contributed by atoms with van der Waals surface area (Å²) in [4.78, 5) is 0. The standard InChI is InChI=1S/C12H12ClFO/c1-9(2)15-12-7-10(4-3-5-13)6-11(14)8-12/h6-9H,5H2,1-2H3. The second-order valence-corrected chi connectivity index (χ2v) is 3.54. The molecule has 1 rings (SSSR count). The Morgan fingerprint density at radius 2 is 2.13 bits per heavy atom. The van der Waals surface area contributed by atoms with E-state index in [-0.39, 0.29) is 17.8 Å². The van der Waals surface area contributed by atoms with Gasteiger partial charge in [0.1, 0.15) is 11.6 Å². The topological polar surface area (TPSA) is 9.23 Å². The molecule has 0 radical (unpaired) electrons. The summed E-state index contributed by atoms with van der Waals surface area (Å²) < 4.78 is 18.5. The molecule has 15 heavy (non-hydrogen) atoms. The summed E-state index contributed by atoms with van der Waals surface area (Å²) in [5.74, 6) is 5.78. The summed E-state index contributed by atoms with van der Waals surface area (Å²) in [5.41, 5.74) is 0.575. The maximum Gasteiger partial charge on any atom is 0.128 e. The van der Waals surface area contributed by atoms with Crippen molar-refractivity contribution in [2.24, 2.45) is 0 Å². The summed E-state index contributed by atoms with van der Waals surface area (Å²) in [6.07, 6.45) is 0.0145. The molecule has 0 heterocycles. The number of alkyl halides is 1. The number of hydrogen-bond acceptors (Lipinski definition) is 1. The van der Waals surface area contributed by atoms with Crippen LogP contribution < -0.4 is 4.74 Å². The summed E-state index contributed by atoms with van der Waals surface area (Å²) >= 11 is 5.42. The molecule has 0 aliphatic rings. The molecule has 0 atom stereocenters. The SMILES string of the molecule is CC(C)Oc1cc(F)cc(C#CCCl)c1. The highest BCUT2D eigenvalue weighted by molar-refractivity contribution is 6.19. The van der Waals surface area contributed by atoms with Crippen molar-refractivity contribution < 1.29 is 9.13 Å². The highest BCUT2D eigenvalue weighted by Gasteiger charge is 2.01. The molecular formula is C12H12ClFO. The van der Waals surface area contributed by atoms with E-state index in [2.05, 4.69) is 11.8 Å². The monoisotopic (exact) mass is 226 g/mol. The first kappa shape index (κ1) is 11.9. The van der Waals surface area contributed by atoms with Gasteiger partial charge in [-0.2, -0.15) is 0 Å². The third kappa shape index (κ3) is 4.22. The molecule has 0 N–H and O–H groups in total. The fourth-order valence-electron chi connectivity index (χ4n) is 1.11. The summed E-state index contributed by atoms with van der Waals surface area (Å²) in [6.45, 7) is 3.77. The number of hydrogen-bond donors (Lipinski definition) is 0. The van der Waals surface area contributed by atoms with Gasteiger partial charge in [0.25, 0.3) is 0 Å². The number of halogens is 2. The van der Waals surface area contributed by atoms with Crippen LogP contribution in [0.1, 0.15) is 19.4 Å². The fourth-order valence-corrected chi connectivity index (χ4v) is 1.18. The van der Waals surface area contributed by atoms with Crippen LogP contribution >= 0.6 is 11.6 Å². The van der Waals surface area contributed by atoms with Gasteiger partial charge in [-0.25, -0.2) is 4.39 Å². The predicted molar refractivity (Wildman–Crippen MR) is 59.8 cm³/mol. The minimum atomic E-state index is -0.355. The first-order chi connectivity index (χ1) is 7.11. The average Bonchev–Trinajstić information content (AvgIpc) is 2.12. The number of benzene rings is 1. The predicted octanol–water partition coefficient (Wildman–Crippen LogP) is 3.20. The Labute approximate surface area is 94.2 Å². The van der Waals surface area contributed by atoms with E-state index >= 15 is 0 Å². The lowest BCUT2D eigenvalue weighted by molar-refractivity contribution is 0.241. The zero-order valence-electron chi connectivity index (χ0n) is 8.68. The molecule has 0 saturated heterocycles. The van der Waals surface area contributed by atoms with E-state index in [1.807, 2.05) is 13.8 Å². The van der Waals surface area contributed by atoms with Crippen molar-refractivity contribution in [2.75, 3.05) is 5.88 Å². The van der Waals surface area contributed by atoms with Gasteiger partial charge in [-0.15, -0.1) is 11.6 Å². The van der Waals surface area contributed by atoms with Crippen molar-refractivity contribution in [2.45, 2.75) is 20.0 Å². The Kier molecular flexibility index (Phi) is 4.45. The van der Waals surface area contributed by atoms with E-state index in [9.17, 15) is 4.39 Å². The normalized spacial score (nSPS) is 9.67. The van der Waals surface area contributed by atoms with E-state index in [1.54, 1.807) is 6.07 Å². The Hall–Kier alpha value is -1.20. The van der Waals surface area contributed by atoms with Crippen molar-refractivity contribution in [1.82, 2.24) is 0 Å². The molecule has 1 aromatic carbocycles. The van der Waals surface area contributed by atoms with Crippen molar-refractivity contribution in [3.63, 3.8) is 0 Å². The molecule has 0 aromatic heterocycles. The second-order valence-electron chi connectivity index (χ2n) is 3.28. The lowest BCUT2D eigenvalue weighted by atomic mass is 10.2. The van der Waals surface area contributed by atoms with Crippen LogP contribution in [0, 0.1) is 17.7 Å². The Morgan fingerprint density at radius 1 is 1.40 bits per heavy atom. The largest absolute Gasteiger partial charge is 0.491 e. The lowest BCUT2D eigenvalue weighted by Gasteiger charge is -2.09. The minimum Gasteiger partial charge on any atom is -0.491 e. The Morgan fingerprint density at radius 3 is 2.73 bits per heavy atom. The third-order valence-electron chi connectivity index (χ3n) is 1.54. The van der Waals surface area contributed by atoms with E-state index in [4.69, 9.17) is 16.3 Å². The Balaban J connectivity index is 2.94. The Bertz CT molecular complexity index is 390. The van der Waals surface area contributed by atoms with Crippen LogP contribution in [0.3, 0.4) is 0 Å². The summed E-state index contributed by atoms with van der Waals surface area (Å²) in [6, 6.07) is 4.39. The van der Waals surface area contributed by atoms with Gasteiger partial charge < -0.3 is 4.74 Å². The highest BCUT2D eigenvalue weighted by Crippen LogP contribution is 2.17. The van der Waals surface area contributed by atoms with Gasteiger partial charge >= 0.3 is 0 Å². The van der Waals surface area contributed by atoms with Crippen LogP contribution in [-0.4, -0.2) is 12.0 Å². The molecule has 0 aliphatic carbocycles. The maximum absolute atomic E-state index is 13.1. The van der Waals surface area contributed by atoms with Crippen LogP contribution in [0.15, 0.2) is 18.2 Å². The molecular weight excluding hydrogens is 215 g/mol. The van der Waals surface area contributed by atoms with Gasteiger partial charge in [-0.1, -0.05) is 11.8 Å². The van der Waals surface area contributed by atoms with Crippen molar-refractivity contribution in [3.8, 4) is 17.6 Å². The van der Waals surface area contributed by atoms with Crippen molar-refractivity contribution >= 4 is 11.6 Å². The first-order valence-corrected chi connectivity index (χ1v) is 5.17. The molecule has 1 nitrogen and oxygen atoms in total. The molecule has 0 unspecified atom stereocenters. The first-order valence-electron chi connectivity index (χ1n) is 4.64. The van der Waals surface area contributed by atoms with Crippen LogP contribution in [0.2, 0.25) is 0 Å². The molecule has 0 amide bonds. The molecule has 0 fully saturated rings. The zero-order chi connectivity index (χ0) is 11.3. The quantitative estimate of drug-likeness (QED) is 0.556. The van der Waals surface area contributed by atoms with Gasteiger partial charge in [0.2, 0.25) is 0 Å². The fraction of sp³-hybridized carbons (Fsp3) is 0.333. The molecule has 0 spiro atoms. The average molecular weight is 227 g/mol. The van der Waals surface area contributed by atoms with Crippen LogP contribution in [0.5, 0.6) is 5.75 Å². The van der Waals surface area contributed by atoms with Gasteiger partial charge in [0.05, 0.1) is 12.0 Å². The molecule has 80 valence electrons. The van der Waals surface area contributed by atoms with Gasteiger partial charge in [-0.05, 0) is 26.0 Å². The lowest BCUT2D eigenvalue weighted by Crippen LogP contribution is -2.05. The van der Waals surface area contributed by atoms with Crippen LogP contribution in [-0.2, 0) is 0 Å². The van der Waals surface area contributed by atoms with Crippen molar-refractivity contribution in [1.29, 1.82) is 0 Å². The molecule has 3 heteroatoms. The zero-order valence-corrected chi connectivity index (χ0v) is 9.44. The van der Waals surface area contributed by atoms with Crippen LogP contribution in [0.4, 0.5) is 4.39 Å². The summed E-state index contributed by atoms with van der Waals surface area (Å²) in [5, 5.41) is 0. The summed E-state index contributed by atoms with van der Waals surface area (Å²) in [7, 11) is 0.